The maximum Gasteiger partial charge on any atom is 0.240 e. The van der Waals surface area contributed by atoms with Gasteiger partial charge in [0.1, 0.15) is 28.5 Å². The summed E-state index contributed by atoms with van der Waals surface area (Å²) in [4.78, 5) is 36.3. The van der Waals surface area contributed by atoms with Gasteiger partial charge < -0.3 is 30.2 Å². The standard InChI is InChI=1S/C34H32FN5O5S/c1-43-16-15-36-19-21-3-9-26(38-20-21)30-18-27-31(46-30)28(11-14-37-27)45-24-8-10-25(29(17-24)44-2)40-33(42)34(12-13-34)32(41)39-23-6-4-22(35)5-7-23/h3-11,14,17-18,20,36H,12-13,15-16,19H2,1-2H3,(H,39,41)(H,40,42). The van der Waals surface area contributed by atoms with Gasteiger partial charge in [0.05, 0.1) is 40.2 Å². The van der Waals surface area contributed by atoms with Gasteiger partial charge in [0, 0.05) is 50.4 Å². The van der Waals surface area contributed by atoms with E-state index in [1.807, 2.05) is 24.4 Å². The summed E-state index contributed by atoms with van der Waals surface area (Å²) in [6, 6.07) is 18.3. The van der Waals surface area contributed by atoms with Crippen molar-refractivity contribution in [2.24, 2.45) is 5.41 Å². The van der Waals surface area contributed by atoms with Crippen LogP contribution in [0.25, 0.3) is 20.8 Å². The topological polar surface area (TPSA) is 124 Å². The van der Waals surface area contributed by atoms with E-state index in [2.05, 4.69) is 25.9 Å². The molecule has 3 heterocycles. The maximum absolute atomic E-state index is 13.2. The molecular weight excluding hydrogens is 609 g/mol. The number of ether oxygens (including phenoxy) is 3. The fourth-order valence-electron chi connectivity index (χ4n) is 4.88. The Balaban J connectivity index is 1.14. The third-order valence-corrected chi connectivity index (χ3v) is 8.80. The minimum Gasteiger partial charge on any atom is -0.494 e. The highest BCUT2D eigenvalue weighted by Gasteiger charge is 2.56. The van der Waals surface area contributed by atoms with Crippen molar-refractivity contribution in [2.45, 2.75) is 19.4 Å². The molecule has 46 heavy (non-hydrogen) atoms. The summed E-state index contributed by atoms with van der Waals surface area (Å²) in [6.45, 7) is 2.13. The number of pyridine rings is 2. The minimum absolute atomic E-state index is 0.374. The molecule has 1 saturated carbocycles. The van der Waals surface area contributed by atoms with Crippen molar-refractivity contribution in [3.8, 4) is 27.8 Å². The van der Waals surface area contributed by atoms with Crippen LogP contribution in [0, 0.1) is 11.2 Å². The number of hydrogen-bond donors (Lipinski definition) is 3. The molecule has 0 atom stereocenters. The molecule has 12 heteroatoms. The molecule has 5 aromatic rings. The Kier molecular flexibility index (Phi) is 9.20. The third-order valence-electron chi connectivity index (χ3n) is 7.64. The average Bonchev–Trinajstić information content (AvgIpc) is 3.78. The number of rotatable bonds is 13. The number of fused-ring (bicyclic) bond motifs is 1. The lowest BCUT2D eigenvalue weighted by molar-refractivity contribution is -0.131. The van der Waals surface area contributed by atoms with E-state index in [1.165, 1.54) is 42.7 Å². The minimum atomic E-state index is -1.20. The van der Waals surface area contributed by atoms with Crippen LogP contribution >= 0.6 is 11.3 Å². The molecule has 1 aliphatic carbocycles. The number of hydrogen-bond acceptors (Lipinski definition) is 9. The van der Waals surface area contributed by atoms with Crippen LogP contribution in [0.2, 0.25) is 0 Å². The van der Waals surface area contributed by atoms with Gasteiger partial charge in [0.15, 0.2) is 0 Å². The zero-order chi connectivity index (χ0) is 32.1. The van der Waals surface area contributed by atoms with Crippen LogP contribution in [0.15, 0.2) is 79.1 Å². The van der Waals surface area contributed by atoms with E-state index in [4.69, 9.17) is 14.2 Å². The zero-order valence-electron chi connectivity index (χ0n) is 25.3. The highest BCUT2D eigenvalue weighted by molar-refractivity contribution is 7.22. The third kappa shape index (κ3) is 6.84. The molecule has 0 aliphatic heterocycles. The number of anilines is 2. The summed E-state index contributed by atoms with van der Waals surface area (Å²) in [5, 5.41) is 8.86. The van der Waals surface area contributed by atoms with Crippen molar-refractivity contribution in [1.82, 2.24) is 15.3 Å². The van der Waals surface area contributed by atoms with Gasteiger partial charge in [-0.3, -0.25) is 19.6 Å². The molecule has 2 amide bonds. The van der Waals surface area contributed by atoms with Gasteiger partial charge in [0.25, 0.3) is 0 Å². The Hall–Kier alpha value is -4.91. The summed E-state index contributed by atoms with van der Waals surface area (Å²) in [7, 11) is 3.17. The van der Waals surface area contributed by atoms with E-state index < -0.39 is 23.0 Å². The second kappa shape index (κ2) is 13.6. The normalized spacial score (nSPS) is 13.3. The molecule has 0 saturated heterocycles. The van der Waals surface area contributed by atoms with E-state index in [0.717, 1.165) is 32.9 Å². The van der Waals surface area contributed by atoms with Crippen LogP contribution in [-0.4, -0.2) is 49.2 Å². The molecule has 0 unspecified atom stereocenters. The molecule has 3 N–H and O–H groups in total. The first-order valence-corrected chi connectivity index (χ1v) is 15.5. The second-order valence-corrected chi connectivity index (χ2v) is 11.9. The first-order chi connectivity index (χ1) is 22.4. The number of amides is 2. The molecule has 0 radical (unpaired) electrons. The molecule has 1 fully saturated rings. The monoisotopic (exact) mass is 641 g/mol. The van der Waals surface area contributed by atoms with E-state index in [0.29, 0.717) is 54.6 Å². The van der Waals surface area contributed by atoms with Crippen LogP contribution in [0.1, 0.15) is 18.4 Å². The fourth-order valence-corrected chi connectivity index (χ4v) is 5.92. The Morgan fingerprint density at radius 1 is 0.935 bits per heavy atom. The van der Waals surface area contributed by atoms with E-state index in [-0.39, 0.29) is 0 Å². The van der Waals surface area contributed by atoms with Gasteiger partial charge in [0.2, 0.25) is 11.8 Å². The van der Waals surface area contributed by atoms with Gasteiger partial charge in [-0.1, -0.05) is 6.07 Å². The van der Waals surface area contributed by atoms with Gasteiger partial charge >= 0.3 is 0 Å². The zero-order valence-corrected chi connectivity index (χ0v) is 26.1. The lowest BCUT2D eigenvalue weighted by Crippen LogP contribution is -2.35. The first kappa shape index (κ1) is 31.1. The molecular formula is C34H32FN5O5S. The Bertz CT molecular complexity index is 1860. The number of nitrogens with zero attached hydrogens (tertiary/aromatic N) is 2. The van der Waals surface area contributed by atoms with Crippen LogP contribution in [0.4, 0.5) is 15.8 Å². The van der Waals surface area contributed by atoms with Gasteiger partial charge in [-0.05, 0) is 66.9 Å². The lowest BCUT2D eigenvalue weighted by Gasteiger charge is -2.17. The molecule has 0 spiro atoms. The number of benzene rings is 2. The number of nitrogens with one attached hydrogen (secondary N) is 3. The van der Waals surface area contributed by atoms with Crippen molar-refractivity contribution in [2.75, 3.05) is 38.0 Å². The van der Waals surface area contributed by atoms with Crippen LogP contribution in [0.5, 0.6) is 17.2 Å². The first-order valence-electron chi connectivity index (χ1n) is 14.7. The van der Waals surface area contributed by atoms with Crippen LogP contribution < -0.4 is 25.4 Å². The molecule has 1 aliphatic rings. The molecule has 10 nitrogen and oxygen atoms in total. The summed E-state index contributed by atoms with van der Waals surface area (Å²) in [5.74, 6) is 0.202. The summed E-state index contributed by atoms with van der Waals surface area (Å²) >= 11 is 1.53. The predicted molar refractivity (Wildman–Crippen MR) is 175 cm³/mol. The Labute approximate surface area is 268 Å². The highest BCUT2D eigenvalue weighted by atomic mass is 32.1. The molecule has 0 bridgehead atoms. The molecule has 2 aromatic carbocycles. The lowest BCUT2D eigenvalue weighted by atomic mass is 10.0. The average molecular weight is 642 g/mol. The number of halogens is 1. The summed E-state index contributed by atoms with van der Waals surface area (Å²) in [6.07, 6.45) is 4.36. The quantitative estimate of drug-likeness (QED) is 0.0998. The van der Waals surface area contributed by atoms with Crippen LogP contribution in [-0.2, 0) is 20.9 Å². The van der Waals surface area contributed by atoms with Gasteiger partial charge in [-0.25, -0.2) is 4.39 Å². The SMILES string of the molecule is COCCNCc1ccc(-c2cc3nccc(Oc4ccc(NC(=O)C5(C(=O)Nc6ccc(F)cc6)CC5)c(OC)c4)c3s2)nc1. The fraction of sp³-hybridized carbons (Fsp3) is 0.235. The number of thiophene rings is 1. The van der Waals surface area contributed by atoms with E-state index in [9.17, 15) is 14.0 Å². The molecule has 3 aromatic heterocycles. The van der Waals surface area contributed by atoms with Crippen molar-refractivity contribution in [3.63, 3.8) is 0 Å². The van der Waals surface area contributed by atoms with Gasteiger partial charge in [-0.15, -0.1) is 11.3 Å². The molecule has 6 rings (SSSR count). The van der Waals surface area contributed by atoms with Crippen molar-refractivity contribution < 1.29 is 28.2 Å². The van der Waals surface area contributed by atoms with Crippen molar-refractivity contribution in [1.29, 1.82) is 0 Å². The van der Waals surface area contributed by atoms with E-state index in [1.54, 1.807) is 37.6 Å². The predicted octanol–water partition coefficient (Wildman–Crippen LogP) is 6.39. The number of carbonyl (C=O) groups excluding carboxylic acids is 2. The van der Waals surface area contributed by atoms with Gasteiger partial charge in [-0.2, -0.15) is 0 Å². The number of carbonyl (C=O) groups is 2. The smallest absolute Gasteiger partial charge is 0.240 e. The van der Waals surface area contributed by atoms with Crippen molar-refractivity contribution >= 4 is 44.7 Å². The highest BCUT2D eigenvalue weighted by Crippen LogP contribution is 2.48. The summed E-state index contributed by atoms with van der Waals surface area (Å²) in [5.41, 5.74) is 2.33. The number of aromatic nitrogens is 2. The molecule has 236 valence electrons. The maximum atomic E-state index is 13.2. The summed E-state index contributed by atoms with van der Waals surface area (Å²) < 4.78 is 31.0. The Morgan fingerprint density at radius 3 is 2.46 bits per heavy atom. The number of methoxy groups -OCH3 is 2. The van der Waals surface area contributed by atoms with Crippen molar-refractivity contribution in [3.05, 3.63) is 90.5 Å². The largest absolute Gasteiger partial charge is 0.494 e. The Morgan fingerprint density at radius 2 is 1.74 bits per heavy atom. The van der Waals surface area contributed by atoms with Crippen LogP contribution in [0.3, 0.4) is 0 Å². The van der Waals surface area contributed by atoms with E-state index >= 15 is 0 Å². The second-order valence-electron chi connectivity index (χ2n) is 10.8.